The molecular weight excluding hydrogens is 424 g/mol. The predicted octanol–water partition coefficient (Wildman–Crippen LogP) is 2.57. The molecule has 2 unspecified atom stereocenters. The highest BCUT2D eigenvalue weighted by atomic mass is 16.6. The fourth-order valence-corrected chi connectivity index (χ4v) is 3.20. The van der Waals surface area contributed by atoms with Crippen LogP contribution in [0.5, 0.6) is 0 Å². The van der Waals surface area contributed by atoms with Crippen LogP contribution in [-0.4, -0.2) is 52.9 Å². The molecule has 9 heteroatoms. The predicted molar refractivity (Wildman–Crippen MR) is 126 cm³/mol. The first-order chi connectivity index (χ1) is 15.0. The minimum Gasteiger partial charge on any atom is -0.444 e. The highest BCUT2D eigenvalue weighted by Crippen LogP contribution is 2.23. The SMILES string of the molecule is Cc1cccc(C(C(=O)NC(C)(C)C)N(C)C(=O)C(CCC(N)=O)NC(=O)OC(C)(C)C)c1. The van der Waals surface area contributed by atoms with Crippen molar-refractivity contribution in [1.82, 2.24) is 15.5 Å². The van der Waals surface area contributed by atoms with Gasteiger partial charge in [-0.25, -0.2) is 4.79 Å². The summed E-state index contributed by atoms with van der Waals surface area (Å²) in [5, 5.41) is 5.44. The fraction of sp³-hybridized carbons (Fsp3) is 0.583. The zero-order chi connectivity index (χ0) is 25.6. The lowest BCUT2D eigenvalue weighted by Gasteiger charge is -2.33. The van der Waals surface area contributed by atoms with E-state index in [0.717, 1.165) is 5.56 Å². The molecule has 0 heterocycles. The van der Waals surface area contributed by atoms with Gasteiger partial charge >= 0.3 is 6.09 Å². The zero-order valence-corrected chi connectivity index (χ0v) is 20.9. The van der Waals surface area contributed by atoms with Crippen molar-refractivity contribution in [2.45, 2.75) is 84.5 Å². The smallest absolute Gasteiger partial charge is 0.408 e. The number of primary amides is 1. The summed E-state index contributed by atoms with van der Waals surface area (Å²) in [6, 6.07) is 5.24. The molecule has 0 aromatic heterocycles. The van der Waals surface area contributed by atoms with Crippen LogP contribution in [0.15, 0.2) is 24.3 Å². The Labute approximate surface area is 196 Å². The van der Waals surface area contributed by atoms with E-state index >= 15 is 0 Å². The molecule has 4 N–H and O–H groups in total. The summed E-state index contributed by atoms with van der Waals surface area (Å²) in [6.45, 7) is 12.5. The highest BCUT2D eigenvalue weighted by Gasteiger charge is 2.35. The Hall–Kier alpha value is -3.10. The quantitative estimate of drug-likeness (QED) is 0.546. The first-order valence-corrected chi connectivity index (χ1v) is 10.9. The van der Waals surface area contributed by atoms with Gasteiger partial charge in [0.25, 0.3) is 0 Å². The number of carbonyl (C=O) groups is 4. The van der Waals surface area contributed by atoms with Gasteiger partial charge in [-0.15, -0.1) is 0 Å². The molecule has 0 fully saturated rings. The molecule has 33 heavy (non-hydrogen) atoms. The van der Waals surface area contributed by atoms with Crippen molar-refractivity contribution in [3.05, 3.63) is 35.4 Å². The number of rotatable bonds is 8. The van der Waals surface area contributed by atoms with Crippen LogP contribution in [-0.2, 0) is 19.1 Å². The Bertz CT molecular complexity index is 870. The first-order valence-electron chi connectivity index (χ1n) is 10.9. The van der Waals surface area contributed by atoms with Crippen molar-refractivity contribution >= 4 is 23.8 Å². The highest BCUT2D eigenvalue weighted by molar-refractivity contribution is 5.92. The number of amides is 4. The Morgan fingerprint density at radius 2 is 1.70 bits per heavy atom. The molecule has 184 valence electrons. The molecule has 0 aliphatic heterocycles. The summed E-state index contributed by atoms with van der Waals surface area (Å²) >= 11 is 0. The molecular formula is C24H38N4O5. The van der Waals surface area contributed by atoms with E-state index in [4.69, 9.17) is 10.5 Å². The van der Waals surface area contributed by atoms with Crippen molar-refractivity contribution in [3.8, 4) is 0 Å². The van der Waals surface area contributed by atoms with Crippen molar-refractivity contribution in [3.63, 3.8) is 0 Å². The van der Waals surface area contributed by atoms with Gasteiger partial charge < -0.3 is 26.0 Å². The molecule has 4 amide bonds. The lowest BCUT2D eigenvalue weighted by atomic mass is 9.99. The Balaban J connectivity index is 3.29. The molecule has 2 atom stereocenters. The lowest BCUT2D eigenvalue weighted by Crippen LogP contribution is -2.53. The third-order valence-corrected chi connectivity index (χ3v) is 4.51. The van der Waals surface area contributed by atoms with E-state index in [1.807, 2.05) is 45.9 Å². The third-order valence-electron chi connectivity index (χ3n) is 4.51. The van der Waals surface area contributed by atoms with Crippen molar-refractivity contribution in [1.29, 1.82) is 0 Å². The molecule has 1 aromatic carbocycles. The molecule has 0 spiro atoms. The summed E-state index contributed by atoms with van der Waals surface area (Å²) in [5.74, 6) is -1.52. The average molecular weight is 463 g/mol. The summed E-state index contributed by atoms with van der Waals surface area (Å²) in [6.07, 6.45) is -0.951. The molecule has 0 aliphatic rings. The summed E-state index contributed by atoms with van der Waals surface area (Å²) in [7, 11) is 1.49. The molecule has 0 saturated carbocycles. The number of hydrogen-bond donors (Lipinski definition) is 3. The molecule has 0 radical (unpaired) electrons. The summed E-state index contributed by atoms with van der Waals surface area (Å²) in [5.41, 5.74) is 5.52. The Morgan fingerprint density at radius 1 is 1.09 bits per heavy atom. The van der Waals surface area contributed by atoms with Gasteiger partial charge in [0, 0.05) is 19.0 Å². The molecule has 1 aromatic rings. The van der Waals surface area contributed by atoms with Crippen LogP contribution in [0, 0.1) is 6.92 Å². The number of nitrogens with zero attached hydrogens (tertiary/aromatic N) is 1. The molecule has 1 rings (SSSR count). The lowest BCUT2D eigenvalue weighted by molar-refractivity contribution is -0.141. The maximum atomic E-state index is 13.5. The average Bonchev–Trinajstić information content (AvgIpc) is 2.61. The molecule has 0 aliphatic carbocycles. The second-order valence-electron chi connectivity index (χ2n) is 10.2. The topological polar surface area (TPSA) is 131 Å². The first kappa shape index (κ1) is 27.9. The van der Waals surface area contributed by atoms with Crippen molar-refractivity contribution in [2.24, 2.45) is 5.73 Å². The van der Waals surface area contributed by atoms with Gasteiger partial charge in [0.05, 0.1) is 0 Å². The summed E-state index contributed by atoms with van der Waals surface area (Å²) < 4.78 is 5.26. The molecule has 0 bridgehead atoms. The standard InChI is InChI=1S/C24H38N4O5/c1-15-10-9-11-16(14-15)19(20(30)27-23(2,3)4)28(8)21(31)17(12-13-18(25)29)26-22(32)33-24(5,6)7/h9-11,14,17,19H,12-13H2,1-8H3,(H2,25,29)(H,26,32)(H,27,30). The monoisotopic (exact) mass is 462 g/mol. The van der Waals surface area contributed by atoms with Crippen LogP contribution in [0.3, 0.4) is 0 Å². The van der Waals surface area contributed by atoms with E-state index < -0.39 is 41.1 Å². The van der Waals surface area contributed by atoms with Gasteiger partial charge in [-0.3, -0.25) is 14.4 Å². The number of carbonyl (C=O) groups excluding carboxylic acids is 4. The number of ether oxygens (including phenoxy) is 1. The van der Waals surface area contributed by atoms with Gasteiger partial charge in [0.15, 0.2) is 0 Å². The number of nitrogens with one attached hydrogen (secondary N) is 2. The van der Waals surface area contributed by atoms with E-state index in [-0.39, 0.29) is 18.7 Å². The second-order valence-corrected chi connectivity index (χ2v) is 10.2. The third kappa shape index (κ3) is 9.93. The van der Waals surface area contributed by atoms with Gasteiger partial charge in [0.2, 0.25) is 17.7 Å². The maximum Gasteiger partial charge on any atom is 0.408 e. The molecule has 0 saturated heterocycles. The number of alkyl carbamates (subject to hydrolysis) is 1. The second kappa shape index (κ2) is 11.2. The van der Waals surface area contributed by atoms with Crippen LogP contribution in [0.1, 0.15) is 71.6 Å². The van der Waals surface area contributed by atoms with Crippen LogP contribution in [0.2, 0.25) is 0 Å². The van der Waals surface area contributed by atoms with Gasteiger partial charge in [0.1, 0.15) is 17.7 Å². The number of benzene rings is 1. The van der Waals surface area contributed by atoms with Gasteiger partial charge in [-0.05, 0) is 60.5 Å². The minimum atomic E-state index is -1.10. The van der Waals surface area contributed by atoms with Crippen LogP contribution in [0.25, 0.3) is 0 Å². The fourth-order valence-electron chi connectivity index (χ4n) is 3.20. The zero-order valence-electron chi connectivity index (χ0n) is 20.9. The Kier molecular flexibility index (Phi) is 9.45. The number of nitrogens with two attached hydrogens (primary N) is 1. The minimum absolute atomic E-state index is 0.0286. The number of aryl methyl sites for hydroxylation is 1. The van der Waals surface area contributed by atoms with Crippen LogP contribution in [0.4, 0.5) is 4.79 Å². The van der Waals surface area contributed by atoms with E-state index in [1.54, 1.807) is 26.8 Å². The van der Waals surface area contributed by atoms with E-state index in [0.29, 0.717) is 5.56 Å². The van der Waals surface area contributed by atoms with Crippen molar-refractivity contribution < 1.29 is 23.9 Å². The number of hydrogen-bond acceptors (Lipinski definition) is 5. The van der Waals surface area contributed by atoms with Gasteiger partial charge in [-0.1, -0.05) is 29.8 Å². The largest absolute Gasteiger partial charge is 0.444 e. The van der Waals surface area contributed by atoms with Gasteiger partial charge in [-0.2, -0.15) is 0 Å². The summed E-state index contributed by atoms with van der Waals surface area (Å²) in [4.78, 5) is 51.7. The van der Waals surface area contributed by atoms with E-state index in [2.05, 4.69) is 10.6 Å². The normalized spacial score (nSPS) is 13.5. The maximum absolute atomic E-state index is 13.5. The van der Waals surface area contributed by atoms with Crippen molar-refractivity contribution in [2.75, 3.05) is 7.05 Å². The van der Waals surface area contributed by atoms with Crippen LogP contribution >= 0.6 is 0 Å². The Morgan fingerprint density at radius 3 is 2.18 bits per heavy atom. The molecule has 9 nitrogen and oxygen atoms in total. The van der Waals surface area contributed by atoms with E-state index in [1.165, 1.54) is 11.9 Å². The van der Waals surface area contributed by atoms with Crippen LogP contribution < -0.4 is 16.4 Å². The number of likely N-dealkylation sites (N-methyl/N-ethyl adjacent to an activating group) is 1. The van der Waals surface area contributed by atoms with E-state index in [9.17, 15) is 19.2 Å².